The summed E-state index contributed by atoms with van der Waals surface area (Å²) in [5.41, 5.74) is 1.77. The fourth-order valence-corrected chi connectivity index (χ4v) is 5.22. The first kappa shape index (κ1) is 21.1. The number of sulfonamides is 1. The minimum atomic E-state index is -3.60. The van der Waals surface area contributed by atoms with E-state index in [2.05, 4.69) is 5.32 Å². The van der Waals surface area contributed by atoms with Crippen molar-refractivity contribution in [3.63, 3.8) is 0 Å². The molecule has 2 aromatic carbocycles. The van der Waals surface area contributed by atoms with Gasteiger partial charge < -0.3 is 5.32 Å². The van der Waals surface area contributed by atoms with E-state index in [1.165, 1.54) is 10.4 Å². The summed E-state index contributed by atoms with van der Waals surface area (Å²) in [5.74, 6) is -0.348. The van der Waals surface area contributed by atoms with Crippen LogP contribution >= 0.6 is 23.2 Å². The second-order valence-electron chi connectivity index (χ2n) is 6.86. The number of hydrogen-bond donors (Lipinski definition) is 1. The molecule has 1 fully saturated rings. The molecule has 8 heteroatoms. The minimum absolute atomic E-state index is 0.148. The molecule has 0 aliphatic carbocycles. The third kappa shape index (κ3) is 4.69. The molecule has 1 aliphatic rings. The Morgan fingerprint density at radius 2 is 1.79 bits per heavy atom. The zero-order valence-corrected chi connectivity index (χ0v) is 17.9. The summed E-state index contributed by atoms with van der Waals surface area (Å²) < 4.78 is 27.3. The Bertz CT molecular complexity index is 987. The van der Waals surface area contributed by atoms with E-state index in [4.69, 9.17) is 23.2 Å². The van der Waals surface area contributed by atoms with Gasteiger partial charge in [0.1, 0.15) is 0 Å². The molecule has 1 saturated heterocycles. The predicted molar refractivity (Wildman–Crippen MR) is 111 cm³/mol. The summed E-state index contributed by atoms with van der Waals surface area (Å²) >= 11 is 12.0. The number of benzene rings is 2. The van der Waals surface area contributed by atoms with E-state index in [9.17, 15) is 13.2 Å². The maximum Gasteiger partial charge on any atom is 0.251 e. The summed E-state index contributed by atoms with van der Waals surface area (Å²) in [6.07, 6.45) is 2.77. The Hall–Kier alpha value is -1.60. The van der Waals surface area contributed by atoms with Crippen molar-refractivity contribution >= 4 is 39.1 Å². The van der Waals surface area contributed by atoms with Gasteiger partial charge in [0, 0.05) is 35.2 Å². The smallest absolute Gasteiger partial charge is 0.251 e. The third-order valence-electron chi connectivity index (χ3n) is 4.86. The highest BCUT2D eigenvalue weighted by atomic mass is 35.5. The van der Waals surface area contributed by atoms with Crippen molar-refractivity contribution < 1.29 is 13.2 Å². The molecule has 2 aromatic rings. The van der Waals surface area contributed by atoms with Crippen LogP contribution in [0.5, 0.6) is 0 Å². The molecular formula is C20H22Cl2N2O3S. The van der Waals surface area contributed by atoms with Crippen LogP contribution in [0.4, 0.5) is 0 Å². The lowest BCUT2D eigenvalue weighted by atomic mass is 10.1. The van der Waals surface area contributed by atoms with Crippen molar-refractivity contribution in [3.05, 3.63) is 63.1 Å². The van der Waals surface area contributed by atoms with Crippen LogP contribution in [-0.2, 0) is 16.6 Å². The topological polar surface area (TPSA) is 66.5 Å². The Morgan fingerprint density at radius 3 is 2.46 bits per heavy atom. The first-order chi connectivity index (χ1) is 13.3. The van der Waals surface area contributed by atoms with Gasteiger partial charge in [0.15, 0.2) is 0 Å². The first-order valence-electron chi connectivity index (χ1n) is 9.12. The SMILES string of the molecule is Cc1ccc(S(=O)(=O)N2CCCCC2)cc1C(=O)NCc1ccc(Cl)cc1Cl. The average Bonchev–Trinajstić information content (AvgIpc) is 2.68. The second kappa shape index (κ2) is 8.82. The van der Waals surface area contributed by atoms with Gasteiger partial charge in [-0.3, -0.25) is 4.79 Å². The number of amides is 1. The first-order valence-corrected chi connectivity index (χ1v) is 11.3. The standard InChI is InChI=1S/C20H22Cl2N2O3S/c1-14-5-8-17(28(26,27)24-9-3-2-4-10-24)12-18(14)20(25)23-13-15-6-7-16(21)11-19(15)22/h5-8,11-12H,2-4,9-10,13H2,1H3,(H,23,25). The van der Waals surface area contributed by atoms with Gasteiger partial charge in [-0.1, -0.05) is 41.8 Å². The highest BCUT2D eigenvalue weighted by Gasteiger charge is 2.27. The van der Waals surface area contributed by atoms with E-state index < -0.39 is 10.0 Å². The summed E-state index contributed by atoms with van der Waals surface area (Å²) in [4.78, 5) is 12.8. The van der Waals surface area contributed by atoms with Gasteiger partial charge in [-0.25, -0.2) is 8.42 Å². The molecule has 0 bridgehead atoms. The summed E-state index contributed by atoms with van der Waals surface area (Å²) in [7, 11) is -3.60. The number of carbonyl (C=O) groups is 1. The van der Waals surface area contributed by atoms with Gasteiger partial charge in [0.25, 0.3) is 5.91 Å². The highest BCUT2D eigenvalue weighted by molar-refractivity contribution is 7.89. The number of nitrogens with zero attached hydrogens (tertiary/aromatic N) is 1. The lowest BCUT2D eigenvalue weighted by molar-refractivity contribution is 0.0950. The largest absolute Gasteiger partial charge is 0.348 e. The van der Waals surface area contributed by atoms with Crippen LogP contribution in [0.2, 0.25) is 10.0 Å². The van der Waals surface area contributed by atoms with Crippen LogP contribution in [0.15, 0.2) is 41.3 Å². The van der Waals surface area contributed by atoms with Crippen LogP contribution in [0.3, 0.4) is 0 Å². The van der Waals surface area contributed by atoms with E-state index in [0.29, 0.717) is 34.3 Å². The molecule has 0 aromatic heterocycles. The maximum atomic E-state index is 12.9. The number of halogens is 2. The normalized spacial score (nSPS) is 15.4. The Balaban J connectivity index is 1.79. The Labute approximate surface area is 175 Å². The maximum absolute atomic E-state index is 12.9. The van der Waals surface area contributed by atoms with Gasteiger partial charge in [0.05, 0.1) is 4.90 Å². The van der Waals surface area contributed by atoms with E-state index in [1.54, 1.807) is 37.3 Å². The van der Waals surface area contributed by atoms with Crippen LogP contribution in [0.1, 0.15) is 40.7 Å². The van der Waals surface area contributed by atoms with Crippen molar-refractivity contribution in [1.82, 2.24) is 9.62 Å². The predicted octanol–water partition coefficient (Wildman–Crippen LogP) is 4.41. The summed E-state index contributed by atoms with van der Waals surface area (Å²) in [6, 6.07) is 9.74. The number of piperidine rings is 1. The molecule has 0 unspecified atom stereocenters. The van der Waals surface area contributed by atoms with Crippen molar-refractivity contribution in [1.29, 1.82) is 0 Å². The number of nitrogens with one attached hydrogen (secondary N) is 1. The van der Waals surface area contributed by atoms with Gasteiger partial charge in [-0.2, -0.15) is 4.31 Å². The molecule has 1 amide bonds. The van der Waals surface area contributed by atoms with Crippen molar-refractivity contribution in [2.75, 3.05) is 13.1 Å². The van der Waals surface area contributed by atoms with Crippen molar-refractivity contribution in [3.8, 4) is 0 Å². The summed E-state index contributed by atoms with van der Waals surface area (Å²) in [5, 5.41) is 3.78. The molecule has 0 saturated carbocycles. The molecule has 1 aliphatic heterocycles. The molecule has 0 radical (unpaired) electrons. The molecule has 0 atom stereocenters. The van der Waals surface area contributed by atoms with Crippen LogP contribution in [-0.4, -0.2) is 31.7 Å². The number of hydrogen-bond acceptors (Lipinski definition) is 3. The van der Waals surface area contributed by atoms with Gasteiger partial charge >= 0.3 is 0 Å². The van der Waals surface area contributed by atoms with E-state index >= 15 is 0 Å². The van der Waals surface area contributed by atoms with E-state index in [-0.39, 0.29) is 17.3 Å². The van der Waals surface area contributed by atoms with Crippen molar-refractivity contribution in [2.45, 2.75) is 37.6 Å². The van der Waals surface area contributed by atoms with E-state index in [1.807, 2.05) is 0 Å². The molecule has 0 spiro atoms. The fraction of sp³-hybridized carbons (Fsp3) is 0.350. The highest BCUT2D eigenvalue weighted by Crippen LogP contribution is 2.24. The number of aryl methyl sites for hydroxylation is 1. The molecule has 1 N–H and O–H groups in total. The quantitative estimate of drug-likeness (QED) is 0.748. The molecular weight excluding hydrogens is 419 g/mol. The molecule has 28 heavy (non-hydrogen) atoms. The molecule has 5 nitrogen and oxygen atoms in total. The summed E-state index contributed by atoms with van der Waals surface area (Å²) in [6.45, 7) is 3.04. The van der Waals surface area contributed by atoms with Gasteiger partial charge in [-0.15, -0.1) is 0 Å². The zero-order valence-electron chi connectivity index (χ0n) is 15.5. The lowest BCUT2D eigenvalue weighted by Crippen LogP contribution is -2.35. The number of carbonyl (C=O) groups excluding carboxylic acids is 1. The van der Waals surface area contributed by atoms with Gasteiger partial charge in [0.2, 0.25) is 10.0 Å². The Kier molecular flexibility index (Phi) is 6.65. The fourth-order valence-electron chi connectivity index (χ4n) is 3.20. The van der Waals surface area contributed by atoms with Crippen LogP contribution in [0, 0.1) is 6.92 Å². The molecule has 3 rings (SSSR count). The molecule has 150 valence electrons. The second-order valence-corrected chi connectivity index (χ2v) is 9.64. The van der Waals surface area contributed by atoms with Crippen LogP contribution < -0.4 is 5.32 Å². The van der Waals surface area contributed by atoms with Crippen molar-refractivity contribution in [2.24, 2.45) is 0 Å². The third-order valence-corrected chi connectivity index (χ3v) is 7.34. The minimum Gasteiger partial charge on any atom is -0.348 e. The average molecular weight is 441 g/mol. The molecule has 1 heterocycles. The van der Waals surface area contributed by atoms with E-state index in [0.717, 1.165) is 24.8 Å². The Morgan fingerprint density at radius 1 is 1.07 bits per heavy atom. The monoisotopic (exact) mass is 440 g/mol. The zero-order chi connectivity index (χ0) is 20.3. The van der Waals surface area contributed by atoms with Gasteiger partial charge in [-0.05, 0) is 55.2 Å². The lowest BCUT2D eigenvalue weighted by Gasteiger charge is -2.26. The number of rotatable bonds is 5. The van der Waals surface area contributed by atoms with Crippen LogP contribution in [0.25, 0.3) is 0 Å².